The highest BCUT2D eigenvalue weighted by Gasteiger charge is 2.11. The van der Waals surface area contributed by atoms with Gasteiger partial charge in [0, 0.05) is 19.5 Å². The predicted octanol–water partition coefficient (Wildman–Crippen LogP) is 3.68. The van der Waals surface area contributed by atoms with E-state index in [0.29, 0.717) is 23.0 Å². The molecule has 0 unspecified atom stereocenters. The topological polar surface area (TPSA) is 40.5 Å². The number of carbonyl (C=O) groups is 1. The lowest BCUT2D eigenvalue weighted by Crippen LogP contribution is -2.24. The standard InChI is InChI=1S/C12H15Cl2NO2/c1-2-15(8-4-7-11(16)17)10-6-3-5-9(13)12(10)14/h3,5-6H,2,4,7-8H2,1H3,(H,16,17). The zero-order valence-electron chi connectivity index (χ0n) is 9.62. The Kier molecular flexibility index (Phi) is 5.59. The van der Waals surface area contributed by atoms with E-state index in [0.717, 1.165) is 12.2 Å². The Balaban J connectivity index is 2.72. The van der Waals surface area contributed by atoms with Crippen LogP contribution in [0.2, 0.25) is 10.0 Å². The number of carboxylic acids is 1. The van der Waals surface area contributed by atoms with Crippen LogP contribution in [0.5, 0.6) is 0 Å². The van der Waals surface area contributed by atoms with Crippen molar-refractivity contribution in [2.75, 3.05) is 18.0 Å². The highest BCUT2D eigenvalue weighted by Crippen LogP contribution is 2.32. The molecule has 0 aromatic heterocycles. The molecule has 0 bridgehead atoms. The van der Waals surface area contributed by atoms with Crippen LogP contribution < -0.4 is 4.90 Å². The minimum Gasteiger partial charge on any atom is -0.481 e. The smallest absolute Gasteiger partial charge is 0.303 e. The fourth-order valence-electron chi connectivity index (χ4n) is 1.61. The van der Waals surface area contributed by atoms with Gasteiger partial charge in [0.1, 0.15) is 0 Å². The molecule has 0 aliphatic rings. The summed E-state index contributed by atoms with van der Waals surface area (Å²) in [4.78, 5) is 12.5. The minimum atomic E-state index is -0.779. The summed E-state index contributed by atoms with van der Waals surface area (Å²) in [5.74, 6) is -0.779. The molecule has 0 atom stereocenters. The second-order valence-corrected chi connectivity index (χ2v) is 4.44. The summed E-state index contributed by atoms with van der Waals surface area (Å²) in [5, 5.41) is 9.64. The van der Waals surface area contributed by atoms with E-state index in [4.69, 9.17) is 28.3 Å². The van der Waals surface area contributed by atoms with Gasteiger partial charge in [0.05, 0.1) is 15.7 Å². The first-order chi connectivity index (χ1) is 8.06. The Hall–Kier alpha value is -0.930. The number of hydrogen-bond donors (Lipinski definition) is 1. The predicted molar refractivity (Wildman–Crippen MR) is 71.2 cm³/mol. The lowest BCUT2D eigenvalue weighted by molar-refractivity contribution is -0.137. The van der Waals surface area contributed by atoms with Crippen LogP contribution >= 0.6 is 23.2 Å². The van der Waals surface area contributed by atoms with Crippen molar-refractivity contribution in [3.63, 3.8) is 0 Å². The number of benzene rings is 1. The summed E-state index contributed by atoms with van der Waals surface area (Å²) in [6, 6.07) is 5.46. The van der Waals surface area contributed by atoms with Gasteiger partial charge < -0.3 is 10.0 Å². The Morgan fingerprint density at radius 2 is 2.12 bits per heavy atom. The highest BCUT2D eigenvalue weighted by atomic mass is 35.5. The normalized spacial score (nSPS) is 10.3. The molecule has 1 N–H and O–H groups in total. The summed E-state index contributed by atoms with van der Waals surface area (Å²) >= 11 is 12.1. The van der Waals surface area contributed by atoms with Crippen molar-refractivity contribution in [2.45, 2.75) is 19.8 Å². The van der Waals surface area contributed by atoms with Gasteiger partial charge in [-0.1, -0.05) is 29.3 Å². The fraction of sp³-hybridized carbons (Fsp3) is 0.417. The molecule has 1 rings (SSSR count). The number of rotatable bonds is 6. The number of carboxylic acid groups (broad SMARTS) is 1. The molecule has 0 saturated carbocycles. The highest BCUT2D eigenvalue weighted by molar-refractivity contribution is 6.43. The van der Waals surface area contributed by atoms with Gasteiger partial charge in [-0.15, -0.1) is 0 Å². The summed E-state index contributed by atoms with van der Waals surface area (Å²) in [6.07, 6.45) is 0.751. The van der Waals surface area contributed by atoms with E-state index in [9.17, 15) is 4.79 Å². The van der Waals surface area contributed by atoms with Gasteiger partial charge in [0.15, 0.2) is 0 Å². The van der Waals surface area contributed by atoms with E-state index in [-0.39, 0.29) is 6.42 Å². The Morgan fingerprint density at radius 3 is 2.71 bits per heavy atom. The second kappa shape index (κ2) is 6.72. The van der Waals surface area contributed by atoms with Gasteiger partial charge in [-0.25, -0.2) is 0 Å². The largest absolute Gasteiger partial charge is 0.481 e. The molecule has 0 amide bonds. The average molecular weight is 276 g/mol. The van der Waals surface area contributed by atoms with Gasteiger partial charge >= 0.3 is 5.97 Å². The van der Waals surface area contributed by atoms with Gasteiger partial charge in [0.25, 0.3) is 0 Å². The van der Waals surface area contributed by atoms with Crippen LogP contribution in [0.25, 0.3) is 0 Å². The van der Waals surface area contributed by atoms with Crippen LogP contribution in [0.4, 0.5) is 5.69 Å². The van der Waals surface area contributed by atoms with Crippen molar-refractivity contribution < 1.29 is 9.90 Å². The van der Waals surface area contributed by atoms with E-state index < -0.39 is 5.97 Å². The molecule has 0 spiro atoms. The van der Waals surface area contributed by atoms with Crippen molar-refractivity contribution in [1.82, 2.24) is 0 Å². The molecule has 0 fully saturated rings. The third kappa shape index (κ3) is 4.10. The zero-order chi connectivity index (χ0) is 12.8. The molecule has 17 heavy (non-hydrogen) atoms. The van der Waals surface area contributed by atoms with E-state index in [1.807, 2.05) is 24.0 Å². The Bertz CT molecular complexity index is 396. The first-order valence-corrected chi connectivity index (χ1v) is 6.22. The van der Waals surface area contributed by atoms with Gasteiger partial charge in [-0.2, -0.15) is 0 Å². The second-order valence-electron chi connectivity index (χ2n) is 3.65. The molecule has 3 nitrogen and oxygen atoms in total. The van der Waals surface area contributed by atoms with Crippen molar-refractivity contribution in [1.29, 1.82) is 0 Å². The van der Waals surface area contributed by atoms with Crippen LogP contribution in [-0.4, -0.2) is 24.2 Å². The number of aliphatic carboxylic acids is 1. The van der Waals surface area contributed by atoms with Crippen LogP contribution in [-0.2, 0) is 4.79 Å². The lowest BCUT2D eigenvalue weighted by Gasteiger charge is -2.24. The molecule has 94 valence electrons. The van der Waals surface area contributed by atoms with E-state index in [1.54, 1.807) is 6.07 Å². The Morgan fingerprint density at radius 1 is 1.41 bits per heavy atom. The molecular weight excluding hydrogens is 261 g/mol. The molecule has 0 saturated heterocycles. The average Bonchev–Trinajstić information content (AvgIpc) is 2.28. The fourth-order valence-corrected chi connectivity index (χ4v) is 2.02. The van der Waals surface area contributed by atoms with Crippen LogP contribution in [0, 0.1) is 0 Å². The van der Waals surface area contributed by atoms with Gasteiger partial charge in [-0.05, 0) is 25.5 Å². The number of anilines is 1. The first-order valence-electron chi connectivity index (χ1n) is 5.47. The molecule has 0 heterocycles. The van der Waals surface area contributed by atoms with E-state index in [1.165, 1.54) is 0 Å². The summed E-state index contributed by atoms with van der Waals surface area (Å²) in [6.45, 7) is 3.42. The quantitative estimate of drug-likeness (QED) is 0.861. The van der Waals surface area contributed by atoms with Gasteiger partial charge in [-0.3, -0.25) is 4.79 Å². The van der Waals surface area contributed by atoms with Crippen molar-refractivity contribution >= 4 is 34.9 Å². The molecule has 0 aliphatic heterocycles. The SMILES string of the molecule is CCN(CCCC(=O)O)c1cccc(Cl)c1Cl. The van der Waals surface area contributed by atoms with Crippen LogP contribution in [0.1, 0.15) is 19.8 Å². The first kappa shape index (κ1) is 14.1. The molecule has 0 aliphatic carbocycles. The lowest BCUT2D eigenvalue weighted by atomic mass is 10.2. The number of nitrogens with zero attached hydrogens (tertiary/aromatic N) is 1. The monoisotopic (exact) mass is 275 g/mol. The van der Waals surface area contributed by atoms with Gasteiger partial charge in [0.2, 0.25) is 0 Å². The van der Waals surface area contributed by atoms with Crippen molar-refractivity contribution in [2.24, 2.45) is 0 Å². The third-order valence-corrected chi connectivity index (χ3v) is 3.28. The summed E-state index contributed by atoms with van der Waals surface area (Å²) < 4.78 is 0. The summed E-state index contributed by atoms with van der Waals surface area (Å²) in [5.41, 5.74) is 0.854. The van der Waals surface area contributed by atoms with Crippen LogP contribution in [0.3, 0.4) is 0 Å². The van der Waals surface area contributed by atoms with Crippen molar-refractivity contribution in [3.8, 4) is 0 Å². The summed E-state index contributed by atoms with van der Waals surface area (Å²) in [7, 11) is 0. The maximum atomic E-state index is 10.5. The van der Waals surface area contributed by atoms with Crippen LogP contribution in [0.15, 0.2) is 18.2 Å². The molecule has 5 heteroatoms. The minimum absolute atomic E-state index is 0.161. The molecule has 0 radical (unpaired) electrons. The molecule has 1 aromatic rings. The third-order valence-electron chi connectivity index (χ3n) is 2.47. The maximum Gasteiger partial charge on any atom is 0.303 e. The van der Waals surface area contributed by atoms with Crippen molar-refractivity contribution in [3.05, 3.63) is 28.2 Å². The Labute approximate surface area is 111 Å². The number of hydrogen-bond acceptors (Lipinski definition) is 2. The van der Waals surface area contributed by atoms with E-state index in [2.05, 4.69) is 0 Å². The zero-order valence-corrected chi connectivity index (χ0v) is 11.1. The maximum absolute atomic E-state index is 10.5. The number of halogens is 2. The van der Waals surface area contributed by atoms with E-state index >= 15 is 0 Å². The molecular formula is C12H15Cl2NO2. The molecule has 1 aromatic carbocycles.